The minimum absolute atomic E-state index is 0.145. The van der Waals surface area contributed by atoms with Crippen LogP contribution in [0.3, 0.4) is 0 Å². The van der Waals surface area contributed by atoms with Crippen LogP contribution in [0, 0.1) is 0 Å². The predicted molar refractivity (Wildman–Crippen MR) is 82.1 cm³/mol. The standard InChI is InChI=1S/C15H20BrNO3/c1-4-20-15(19)9-17(3)8-11(2)14-7-13(16)6-5-12(14)10-18/h5-7,10-11H,4,8-9H2,1-3H3. The van der Waals surface area contributed by atoms with Crippen molar-refractivity contribution in [2.75, 3.05) is 26.7 Å². The fourth-order valence-corrected chi connectivity index (χ4v) is 2.52. The number of carbonyl (C=O) groups excluding carboxylic acids is 2. The van der Waals surface area contributed by atoms with E-state index in [1.165, 1.54) is 0 Å². The van der Waals surface area contributed by atoms with Gasteiger partial charge in [0.15, 0.2) is 0 Å². The highest BCUT2D eigenvalue weighted by atomic mass is 79.9. The van der Waals surface area contributed by atoms with Crippen molar-refractivity contribution in [3.63, 3.8) is 0 Å². The van der Waals surface area contributed by atoms with Crippen LogP contribution in [0.2, 0.25) is 0 Å². The van der Waals surface area contributed by atoms with Gasteiger partial charge in [-0.05, 0) is 37.6 Å². The summed E-state index contributed by atoms with van der Waals surface area (Å²) < 4.78 is 5.86. The van der Waals surface area contributed by atoms with Crippen LogP contribution in [0.5, 0.6) is 0 Å². The highest BCUT2D eigenvalue weighted by Crippen LogP contribution is 2.23. The average molecular weight is 342 g/mol. The summed E-state index contributed by atoms with van der Waals surface area (Å²) >= 11 is 3.42. The summed E-state index contributed by atoms with van der Waals surface area (Å²) in [6.07, 6.45) is 0.865. The Hall–Kier alpha value is -1.20. The van der Waals surface area contributed by atoms with Gasteiger partial charge in [0, 0.05) is 16.6 Å². The maximum atomic E-state index is 11.4. The molecule has 0 aliphatic carbocycles. The summed E-state index contributed by atoms with van der Waals surface area (Å²) in [5, 5.41) is 0. The molecule has 0 heterocycles. The Labute approximate surface area is 128 Å². The quantitative estimate of drug-likeness (QED) is 0.565. The zero-order chi connectivity index (χ0) is 15.1. The molecule has 110 valence electrons. The first-order valence-electron chi connectivity index (χ1n) is 6.56. The van der Waals surface area contributed by atoms with Crippen LogP contribution in [-0.2, 0) is 9.53 Å². The highest BCUT2D eigenvalue weighted by Gasteiger charge is 2.15. The fourth-order valence-electron chi connectivity index (χ4n) is 2.14. The first kappa shape index (κ1) is 16.9. The van der Waals surface area contributed by atoms with E-state index in [-0.39, 0.29) is 18.4 Å². The Balaban J connectivity index is 2.70. The van der Waals surface area contributed by atoms with Crippen molar-refractivity contribution >= 4 is 28.2 Å². The van der Waals surface area contributed by atoms with Gasteiger partial charge in [0.05, 0.1) is 13.2 Å². The van der Waals surface area contributed by atoms with Gasteiger partial charge in [-0.25, -0.2) is 0 Å². The fraction of sp³-hybridized carbons (Fsp3) is 0.467. The first-order valence-corrected chi connectivity index (χ1v) is 7.36. The molecule has 1 unspecified atom stereocenters. The van der Waals surface area contributed by atoms with E-state index in [4.69, 9.17) is 4.74 Å². The molecule has 0 bridgehead atoms. The van der Waals surface area contributed by atoms with E-state index in [0.29, 0.717) is 18.7 Å². The number of rotatable bonds is 7. The van der Waals surface area contributed by atoms with Crippen LogP contribution in [0.1, 0.15) is 35.7 Å². The third kappa shape index (κ3) is 5.06. The molecular weight excluding hydrogens is 322 g/mol. The molecular formula is C15H20BrNO3. The number of hydrogen-bond acceptors (Lipinski definition) is 4. The summed E-state index contributed by atoms with van der Waals surface area (Å²) in [5.41, 5.74) is 1.66. The molecule has 0 fully saturated rings. The number of carbonyl (C=O) groups is 2. The molecule has 0 spiro atoms. The van der Waals surface area contributed by atoms with Gasteiger partial charge in [0.25, 0.3) is 0 Å². The number of benzene rings is 1. The van der Waals surface area contributed by atoms with Crippen molar-refractivity contribution in [3.8, 4) is 0 Å². The number of ether oxygens (including phenoxy) is 1. The Morgan fingerprint density at radius 2 is 2.20 bits per heavy atom. The molecule has 4 nitrogen and oxygen atoms in total. The van der Waals surface area contributed by atoms with E-state index in [2.05, 4.69) is 15.9 Å². The molecule has 0 aliphatic heterocycles. The second-order valence-electron chi connectivity index (χ2n) is 4.79. The third-order valence-corrected chi connectivity index (χ3v) is 3.49. The van der Waals surface area contributed by atoms with E-state index in [1.807, 2.05) is 31.0 Å². The van der Waals surface area contributed by atoms with Gasteiger partial charge in [-0.1, -0.05) is 28.9 Å². The lowest BCUT2D eigenvalue weighted by Crippen LogP contribution is -2.30. The van der Waals surface area contributed by atoms with Crippen molar-refractivity contribution in [3.05, 3.63) is 33.8 Å². The van der Waals surface area contributed by atoms with Gasteiger partial charge in [-0.2, -0.15) is 0 Å². The number of halogens is 1. The van der Waals surface area contributed by atoms with Gasteiger partial charge >= 0.3 is 5.97 Å². The summed E-state index contributed by atoms with van der Waals surface area (Å²) in [4.78, 5) is 24.4. The third-order valence-electron chi connectivity index (χ3n) is 3.00. The average Bonchev–Trinajstić information content (AvgIpc) is 2.38. The van der Waals surface area contributed by atoms with Crippen molar-refractivity contribution < 1.29 is 14.3 Å². The SMILES string of the molecule is CCOC(=O)CN(C)CC(C)c1cc(Br)ccc1C=O. The van der Waals surface area contributed by atoms with Crippen molar-refractivity contribution in [2.24, 2.45) is 0 Å². The van der Waals surface area contributed by atoms with E-state index >= 15 is 0 Å². The zero-order valence-corrected chi connectivity index (χ0v) is 13.6. The second-order valence-corrected chi connectivity index (χ2v) is 5.71. The molecule has 0 aromatic heterocycles. The molecule has 0 amide bonds. The predicted octanol–water partition coefficient (Wildman–Crippen LogP) is 2.86. The van der Waals surface area contributed by atoms with E-state index < -0.39 is 0 Å². The van der Waals surface area contributed by atoms with Crippen molar-refractivity contribution in [1.82, 2.24) is 4.90 Å². The van der Waals surface area contributed by atoms with E-state index in [9.17, 15) is 9.59 Å². The summed E-state index contributed by atoms with van der Waals surface area (Å²) in [6, 6.07) is 5.60. The molecule has 20 heavy (non-hydrogen) atoms. The lowest BCUT2D eigenvalue weighted by molar-refractivity contribution is -0.144. The lowest BCUT2D eigenvalue weighted by Gasteiger charge is -2.21. The van der Waals surface area contributed by atoms with Crippen molar-refractivity contribution in [1.29, 1.82) is 0 Å². The molecule has 0 saturated carbocycles. The molecule has 0 N–H and O–H groups in total. The van der Waals surface area contributed by atoms with E-state index in [0.717, 1.165) is 16.3 Å². The van der Waals surface area contributed by atoms with Crippen LogP contribution in [0.15, 0.2) is 22.7 Å². The maximum Gasteiger partial charge on any atom is 0.320 e. The molecule has 1 rings (SSSR count). The number of hydrogen-bond donors (Lipinski definition) is 0. The van der Waals surface area contributed by atoms with Crippen LogP contribution in [0.4, 0.5) is 0 Å². The Bertz CT molecular complexity index is 476. The normalized spacial score (nSPS) is 12.2. The van der Waals surface area contributed by atoms with Gasteiger partial charge in [-0.15, -0.1) is 0 Å². The second kappa shape index (κ2) is 8.17. The van der Waals surface area contributed by atoms with Crippen LogP contribution < -0.4 is 0 Å². The topological polar surface area (TPSA) is 46.6 Å². The molecule has 5 heteroatoms. The largest absolute Gasteiger partial charge is 0.465 e. The Kier molecular flexibility index (Phi) is 6.88. The monoisotopic (exact) mass is 341 g/mol. The lowest BCUT2D eigenvalue weighted by atomic mass is 9.96. The zero-order valence-electron chi connectivity index (χ0n) is 12.1. The molecule has 1 aromatic carbocycles. The Morgan fingerprint density at radius 1 is 1.50 bits per heavy atom. The van der Waals surface area contributed by atoms with Gasteiger partial charge in [0.2, 0.25) is 0 Å². The van der Waals surface area contributed by atoms with E-state index in [1.54, 1.807) is 13.0 Å². The number of aldehydes is 1. The minimum Gasteiger partial charge on any atom is -0.465 e. The van der Waals surface area contributed by atoms with Crippen LogP contribution in [0.25, 0.3) is 0 Å². The summed E-state index contributed by atoms with van der Waals surface area (Å²) in [7, 11) is 1.87. The number of likely N-dealkylation sites (N-methyl/N-ethyl adjacent to an activating group) is 1. The van der Waals surface area contributed by atoms with Gasteiger partial charge < -0.3 is 4.74 Å². The van der Waals surface area contributed by atoms with Crippen molar-refractivity contribution in [2.45, 2.75) is 19.8 Å². The number of esters is 1. The smallest absolute Gasteiger partial charge is 0.320 e. The van der Waals surface area contributed by atoms with Crippen LogP contribution >= 0.6 is 15.9 Å². The van der Waals surface area contributed by atoms with Crippen LogP contribution in [-0.4, -0.2) is 43.9 Å². The molecule has 0 saturated heterocycles. The molecule has 0 aliphatic rings. The highest BCUT2D eigenvalue weighted by molar-refractivity contribution is 9.10. The number of nitrogens with zero attached hydrogens (tertiary/aromatic N) is 1. The summed E-state index contributed by atoms with van der Waals surface area (Å²) in [6.45, 7) is 5.15. The Morgan fingerprint density at radius 3 is 2.80 bits per heavy atom. The molecule has 1 atom stereocenters. The molecule has 1 aromatic rings. The van der Waals surface area contributed by atoms with Gasteiger partial charge in [-0.3, -0.25) is 14.5 Å². The first-order chi connectivity index (χ1) is 9.47. The maximum absolute atomic E-state index is 11.4. The van der Waals surface area contributed by atoms with Gasteiger partial charge in [0.1, 0.15) is 6.29 Å². The minimum atomic E-state index is -0.230. The molecule has 0 radical (unpaired) electrons. The summed E-state index contributed by atoms with van der Waals surface area (Å²) in [5.74, 6) is -0.0841.